The molecule has 29 heavy (non-hydrogen) atoms. The van der Waals surface area contributed by atoms with Gasteiger partial charge < -0.3 is 9.84 Å². The Hall–Kier alpha value is -0.900. The number of carbonyl (C=O) groups is 2. The lowest BCUT2D eigenvalue weighted by molar-refractivity contribution is -0.160. The van der Waals surface area contributed by atoms with E-state index in [0.717, 1.165) is 32.1 Å². The van der Waals surface area contributed by atoms with Crippen molar-refractivity contribution < 1.29 is 19.4 Å². The third-order valence-electron chi connectivity index (χ3n) is 10.2. The Morgan fingerprint density at radius 1 is 1.14 bits per heavy atom. The maximum absolute atomic E-state index is 13.4. The Kier molecular flexibility index (Phi) is 5.63. The summed E-state index contributed by atoms with van der Waals surface area (Å²) in [6.07, 6.45) is 9.40. The number of ether oxygens (including phenoxy) is 1. The third-order valence-corrected chi connectivity index (χ3v) is 10.2. The zero-order valence-corrected chi connectivity index (χ0v) is 18.8. The van der Waals surface area contributed by atoms with Crippen molar-refractivity contribution in [2.45, 2.75) is 91.1 Å². The van der Waals surface area contributed by atoms with Gasteiger partial charge in [0.25, 0.3) is 0 Å². The molecule has 0 amide bonds. The number of methoxy groups -OCH3 is 1. The summed E-state index contributed by atoms with van der Waals surface area (Å²) in [6, 6.07) is 0. The van der Waals surface area contributed by atoms with Crippen LogP contribution in [0.3, 0.4) is 0 Å². The summed E-state index contributed by atoms with van der Waals surface area (Å²) in [5, 5.41) is 10.2. The zero-order valence-electron chi connectivity index (χ0n) is 18.8. The highest BCUT2D eigenvalue weighted by Crippen LogP contribution is 2.67. The van der Waals surface area contributed by atoms with E-state index in [1.807, 2.05) is 0 Å². The molecule has 4 rings (SSSR count). The van der Waals surface area contributed by atoms with Crippen LogP contribution in [0.1, 0.15) is 85.0 Å². The molecule has 0 aromatic heterocycles. The number of ketones is 1. The minimum Gasteiger partial charge on any atom is -0.469 e. The molecule has 4 nitrogen and oxygen atoms in total. The van der Waals surface area contributed by atoms with E-state index < -0.39 is 0 Å². The molecule has 0 aromatic carbocycles. The fourth-order valence-corrected chi connectivity index (χ4v) is 8.53. The van der Waals surface area contributed by atoms with Gasteiger partial charge in [-0.25, -0.2) is 0 Å². The van der Waals surface area contributed by atoms with Crippen molar-refractivity contribution in [2.24, 2.45) is 46.3 Å². The lowest BCUT2D eigenvalue weighted by atomic mass is 9.44. The maximum Gasteiger partial charge on any atom is 0.305 e. The Bertz CT molecular complexity index is 659. The topological polar surface area (TPSA) is 63.6 Å². The molecule has 4 fully saturated rings. The lowest BCUT2D eigenvalue weighted by Crippen LogP contribution is -2.57. The minimum atomic E-state index is -0.210. The number of hydrogen-bond acceptors (Lipinski definition) is 4. The van der Waals surface area contributed by atoms with Crippen LogP contribution in [0.15, 0.2) is 0 Å². The second-order valence-corrected chi connectivity index (χ2v) is 11.4. The van der Waals surface area contributed by atoms with E-state index in [4.69, 9.17) is 4.74 Å². The molecule has 9 unspecified atom stereocenters. The Morgan fingerprint density at radius 2 is 1.83 bits per heavy atom. The van der Waals surface area contributed by atoms with Crippen LogP contribution in [-0.4, -0.2) is 30.1 Å². The average molecular weight is 405 g/mol. The van der Waals surface area contributed by atoms with Gasteiger partial charge in [-0.1, -0.05) is 20.8 Å². The van der Waals surface area contributed by atoms with Gasteiger partial charge in [-0.15, -0.1) is 0 Å². The number of aliphatic hydroxyl groups is 1. The predicted molar refractivity (Wildman–Crippen MR) is 112 cm³/mol. The Morgan fingerprint density at radius 3 is 2.55 bits per heavy atom. The largest absolute Gasteiger partial charge is 0.469 e. The van der Waals surface area contributed by atoms with Crippen molar-refractivity contribution in [3.63, 3.8) is 0 Å². The van der Waals surface area contributed by atoms with Crippen LogP contribution < -0.4 is 0 Å². The fourth-order valence-electron chi connectivity index (χ4n) is 8.53. The summed E-state index contributed by atoms with van der Waals surface area (Å²) >= 11 is 0. The molecule has 4 heteroatoms. The SMILES string of the molecule is COC(=O)CCC(C)C1CCC2C3C(=O)CC4CC(O)CCC4(C)C3CCC12C. The van der Waals surface area contributed by atoms with Crippen LogP contribution in [0.5, 0.6) is 0 Å². The molecule has 164 valence electrons. The summed E-state index contributed by atoms with van der Waals surface area (Å²) in [5.74, 6) is 3.08. The van der Waals surface area contributed by atoms with E-state index in [2.05, 4.69) is 20.8 Å². The monoisotopic (exact) mass is 404 g/mol. The second-order valence-electron chi connectivity index (χ2n) is 11.4. The standard InChI is InChI=1S/C25H40O4/c1-15(5-8-22(28)29-4)18-6-7-19-23-20(10-12-25(18,19)3)24(2)11-9-17(26)13-16(24)14-21(23)27/h15-20,23,26H,5-14H2,1-4H3. The number of aliphatic hydroxyl groups excluding tert-OH is 1. The summed E-state index contributed by atoms with van der Waals surface area (Å²) < 4.78 is 4.85. The van der Waals surface area contributed by atoms with Gasteiger partial charge in [-0.2, -0.15) is 0 Å². The summed E-state index contributed by atoms with van der Waals surface area (Å²) in [7, 11) is 1.47. The second kappa shape index (κ2) is 7.66. The number of hydrogen-bond donors (Lipinski definition) is 1. The highest BCUT2D eigenvalue weighted by molar-refractivity contribution is 5.83. The van der Waals surface area contributed by atoms with Gasteiger partial charge >= 0.3 is 5.97 Å². The third kappa shape index (κ3) is 3.38. The molecule has 4 saturated carbocycles. The van der Waals surface area contributed by atoms with E-state index in [0.29, 0.717) is 48.2 Å². The first-order valence-electron chi connectivity index (χ1n) is 12.0. The maximum atomic E-state index is 13.4. The molecule has 0 aromatic rings. The highest BCUT2D eigenvalue weighted by Gasteiger charge is 2.62. The van der Waals surface area contributed by atoms with Crippen molar-refractivity contribution in [3.8, 4) is 0 Å². The molecule has 0 spiro atoms. The minimum absolute atomic E-state index is 0.110. The van der Waals surface area contributed by atoms with E-state index >= 15 is 0 Å². The van der Waals surface area contributed by atoms with Gasteiger partial charge in [0, 0.05) is 18.8 Å². The van der Waals surface area contributed by atoms with Crippen LogP contribution in [0, 0.1) is 46.3 Å². The van der Waals surface area contributed by atoms with Gasteiger partial charge in [0.05, 0.1) is 13.2 Å². The molecule has 0 heterocycles. The van der Waals surface area contributed by atoms with Crippen molar-refractivity contribution in [1.82, 2.24) is 0 Å². The number of esters is 1. The zero-order chi connectivity index (χ0) is 21.0. The van der Waals surface area contributed by atoms with Gasteiger partial charge in [-0.3, -0.25) is 9.59 Å². The quantitative estimate of drug-likeness (QED) is 0.685. The van der Waals surface area contributed by atoms with Gasteiger partial charge in [0.15, 0.2) is 0 Å². The highest BCUT2D eigenvalue weighted by atomic mass is 16.5. The molecule has 0 saturated heterocycles. The molecule has 1 N–H and O–H groups in total. The Balaban J connectivity index is 1.53. The van der Waals surface area contributed by atoms with Crippen molar-refractivity contribution in [3.05, 3.63) is 0 Å². The van der Waals surface area contributed by atoms with E-state index in [9.17, 15) is 14.7 Å². The average Bonchev–Trinajstić information content (AvgIpc) is 3.04. The van der Waals surface area contributed by atoms with Crippen molar-refractivity contribution >= 4 is 11.8 Å². The van der Waals surface area contributed by atoms with Gasteiger partial charge in [0.1, 0.15) is 5.78 Å². The predicted octanol–water partition coefficient (Wildman–Crippen LogP) is 4.77. The number of fused-ring (bicyclic) bond motifs is 5. The van der Waals surface area contributed by atoms with Crippen LogP contribution in [-0.2, 0) is 14.3 Å². The van der Waals surface area contributed by atoms with E-state index in [1.54, 1.807) is 0 Å². The molecule has 4 aliphatic rings. The molecule has 4 aliphatic carbocycles. The normalized spacial score (nSPS) is 47.7. The first-order chi connectivity index (χ1) is 13.7. The number of rotatable bonds is 4. The summed E-state index contributed by atoms with van der Waals surface area (Å²) in [5.41, 5.74) is 0.456. The molecule has 0 radical (unpaired) electrons. The smallest absolute Gasteiger partial charge is 0.305 e. The van der Waals surface area contributed by atoms with E-state index in [1.165, 1.54) is 26.4 Å². The van der Waals surface area contributed by atoms with Crippen molar-refractivity contribution in [2.75, 3.05) is 7.11 Å². The molecular weight excluding hydrogens is 364 g/mol. The summed E-state index contributed by atoms with van der Waals surface area (Å²) in [4.78, 5) is 25.0. The van der Waals surface area contributed by atoms with Crippen LogP contribution in [0.25, 0.3) is 0 Å². The molecule has 0 aliphatic heterocycles. The first kappa shape index (κ1) is 21.3. The molecular formula is C25H40O4. The fraction of sp³-hybridized carbons (Fsp3) is 0.920. The van der Waals surface area contributed by atoms with Crippen LogP contribution in [0.4, 0.5) is 0 Å². The van der Waals surface area contributed by atoms with Gasteiger partial charge in [-0.05, 0) is 91.8 Å². The molecule has 0 bridgehead atoms. The van der Waals surface area contributed by atoms with E-state index in [-0.39, 0.29) is 28.8 Å². The molecule has 9 atom stereocenters. The van der Waals surface area contributed by atoms with Crippen LogP contribution in [0.2, 0.25) is 0 Å². The van der Waals surface area contributed by atoms with Crippen molar-refractivity contribution in [1.29, 1.82) is 0 Å². The first-order valence-corrected chi connectivity index (χ1v) is 12.0. The Labute approximate surface area is 176 Å². The lowest BCUT2D eigenvalue weighted by Gasteiger charge is -2.60. The van der Waals surface area contributed by atoms with Gasteiger partial charge in [0.2, 0.25) is 0 Å². The van der Waals surface area contributed by atoms with Crippen LogP contribution >= 0.6 is 0 Å². The summed E-state index contributed by atoms with van der Waals surface area (Å²) in [6.45, 7) is 7.18. The number of carbonyl (C=O) groups excluding carboxylic acids is 2. The number of Topliss-reactive ketones (excluding diaryl/α,β-unsaturated/α-hetero) is 1.